The number of aliphatic hydroxyl groups excluding tert-OH is 1. The fourth-order valence-electron chi connectivity index (χ4n) is 3.07. The summed E-state index contributed by atoms with van der Waals surface area (Å²) in [7, 11) is 0. The zero-order chi connectivity index (χ0) is 24.3. The summed E-state index contributed by atoms with van der Waals surface area (Å²) in [6.45, 7) is 11.8. The average molecular weight is 475 g/mol. The van der Waals surface area contributed by atoms with Gasteiger partial charge in [0.1, 0.15) is 11.8 Å². The number of halogens is 2. The highest BCUT2D eigenvalue weighted by Crippen LogP contribution is 2.26. The number of aromatic nitrogens is 5. The van der Waals surface area contributed by atoms with Crippen LogP contribution in [-0.2, 0) is 19.6 Å². The number of pyridine rings is 2. The molecule has 3 aromatic rings. The molecule has 3 heterocycles. The third-order valence-electron chi connectivity index (χ3n) is 4.55. The van der Waals surface area contributed by atoms with Crippen molar-refractivity contribution in [2.24, 2.45) is 0 Å². The van der Waals surface area contributed by atoms with Crippen molar-refractivity contribution in [3.8, 4) is 11.7 Å². The molecule has 12 heteroatoms. The number of aliphatic hydroxyl groups is 1. The van der Waals surface area contributed by atoms with E-state index in [4.69, 9.17) is 22.9 Å². The Hall–Kier alpha value is -3.62. The molecule has 0 saturated carbocycles. The van der Waals surface area contributed by atoms with E-state index in [0.717, 1.165) is 6.07 Å². The van der Waals surface area contributed by atoms with Crippen LogP contribution in [0.4, 0.5) is 10.1 Å². The van der Waals surface area contributed by atoms with Crippen molar-refractivity contribution >= 4 is 23.1 Å². The summed E-state index contributed by atoms with van der Waals surface area (Å²) in [5.74, 6) is -2.18. The molecule has 0 spiro atoms. The first kappa shape index (κ1) is 24.0. The molecule has 0 amide bonds. The van der Waals surface area contributed by atoms with Gasteiger partial charge >= 0.3 is 5.69 Å². The van der Waals surface area contributed by atoms with Crippen molar-refractivity contribution in [1.29, 1.82) is 0 Å². The van der Waals surface area contributed by atoms with Gasteiger partial charge in [0.2, 0.25) is 11.6 Å². The molecule has 10 nitrogen and oxygen atoms in total. The van der Waals surface area contributed by atoms with E-state index in [9.17, 15) is 14.7 Å². The minimum Gasteiger partial charge on any atom is -0.474 e. The molecule has 3 aromatic heterocycles. The quantitative estimate of drug-likeness (QED) is 0.303. The molecule has 0 aromatic carbocycles. The molecule has 1 N–H and O–H groups in total. The van der Waals surface area contributed by atoms with Gasteiger partial charge in [0.05, 0.1) is 18.2 Å². The van der Waals surface area contributed by atoms with E-state index in [1.54, 1.807) is 20.8 Å². The lowest BCUT2D eigenvalue weighted by molar-refractivity contribution is 0.0985. The molecule has 0 aliphatic carbocycles. The molecule has 0 saturated heterocycles. The van der Waals surface area contributed by atoms with Crippen LogP contribution in [0.25, 0.3) is 10.7 Å². The Bertz CT molecular complexity index is 1310. The van der Waals surface area contributed by atoms with Crippen LogP contribution in [0.2, 0.25) is 5.15 Å². The second-order valence-corrected chi connectivity index (χ2v) is 7.54. The molecule has 0 unspecified atom stereocenters. The monoisotopic (exact) mass is 474 g/mol. The number of rotatable bonds is 8. The lowest BCUT2D eigenvalue weighted by atomic mass is 10.0. The Morgan fingerprint density at radius 1 is 1.39 bits per heavy atom. The van der Waals surface area contributed by atoms with Crippen LogP contribution in [-0.4, -0.2) is 41.3 Å². The molecular formula is C21H20ClFN6O4. The predicted octanol–water partition coefficient (Wildman–Crippen LogP) is 2.89. The molecule has 0 aliphatic rings. The average Bonchev–Trinajstić information content (AvgIpc) is 3.10. The SMILES string of the molecule is [C-]#[N+]c1cnc(Cl)c(CC(=O)c2cc(F)c(-n3nc(CO)n(CC)c3=O)nc2OC(C)C)c1. The summed E-state index contributed by atoms with van der Waals surface area (Å²) >= 11 is 6.05. The molecule has 0 aliphatic heterocycles. The van der Waals surface area contributed by atoms with Crippen LogP contribution in [0, 0.1) is 12.4 Å². The number of nitrogens with zero attached hydrogens (tertiary/aromatic N) is 6. The van der Waals surface area contributed by atoms with Crippen LogP contribution >= 0.6 is 11.6 Å². The summed E-state index contributed by atoms with van der Waals surface area (Å²) < 4.78 is 22.6. The first-order chi connectivity index (χ1) is 15.7. The maximum absolute atomic E-state index is 15.1. The smallest absolute Gasteiger partial charge is 0.352 e. The minimum absolute atomic E-state index is 0.0389. The first-order valence-electron chi connectivity index (χ1n) is 9.92. The van der Waals surface area contributed by atoms with E-state index >= 15 is 4.39 Å². The van der Waals surface area contributed by atoms with Crippen molar-refractivity contribution in [3.63, 3.8) is 0 Å². The second-order valence-electron chi connectivity index (χ2n) is 7.18. The zero-order valence-electron chi connectivity index (χ0n) is 18.0. The largest absolute Gasteiger partial charge is 0.474 e. The predicted molar refractivity (Wildman–Crippen MR) is 116 cm³/mol. The molecule has 0 radical (unpaired) electrons. The van der Waals surface area contributed by atoms with Gasteiger partial charge in [-0.05, 0) is 38.5 Å². The van der Waals surface area contributed by atoms with Gasteiger partial charge in [0.25, 0.3) is 0 Å². The maximum Gasteiger partial charge on any atom is 0.352 e. The van der Waals surface area contributed by atoms with Crippen molar-refractivity contribution in [2.75, 3.05) is 0 Å². The highest BCUT2D eigenvalue weighted by Gasteiger charge is 2.24. The van der Waals surface area contributed by atoms with E-state index in [1.165, 1.54) is 16.8 Å². The van der Waals surface area contributed by atoms with E-state index in [1.807, 2.05) is 0 Å². The summed E-state index contributed by atoms with van der Waals surface area (Å²) in [4.78, 5) is 36.9. The Labute approximate surface area is 193 Å². The Balaban J connectivity index is 2.10. The highest BCUT2D eigenvalue weighted by atomic mass is 35.5. The molecular weight excluding hydrogens is 455 g/mol. The second kappa shape index (κ2) is 9.89. The van der Waals surface area contributed by atoms with Crippen LogP contribution in [0.3, 0.4) is 0 Å². The zero-order valence-corrected chi connectivity index (χ0v) is 18.8. The molecule has 172 valence electrons. The van der Waals surface area contributed by atoms with Gasteiger partial charge in [-0.2, -0.15) is 9.67 Å². The minimum atomic E-state index is -0.985. The van der Waals surface area contributed by atoms with Gasteiger partial charge in [-0.3, -0.25) is 14.3 Å². The number of Topliss-reactive ketones (excluding diaryl/α,β-unsaturated/α-hetero) is 1. The number of carbonyl (C=O) groups excluding carboxylic acids is 1. The van der Waals surface area contributed by atoms with Crippen LogP contribution in [0.15, 0.2) is 23.1 Å². The van der Waals surface area contributed by atoms with Crippen molar-refractivity contribution in [3.05, 3.63) is 68.2 Å². The Kier molecular flexibility index (Phi) is 7.20. The van der Waals surface area contributed by atoms with Crippen LogP contribution in [0.5, 0.6) is 5.88 Å². The number of hydrogen-bond donors (Lipinski definition) is 1. The third kappa shape index (κ3) is 4.92. The van der Waals surface area contributed by atoms with E-state index in [0.29, 0.717) is 10.2 Å². The van der Waals surface area contributed by atoms with E-state index in [2.05, 4.69) is 19.9 Å². The standard InChI is InChI=1S/C21H20ClFN6O4/c1-5-28-17(10-30)27-29(21(28)32)19-15(23)8-14(20(26-19)33-11(2)3)16(31)7-12-6-13(24-4)9-25-18(12)22/h6,8-9,11,30H,5,7,10H2,1-3H3. The fourth-order valence-corrected chi connectivity index (χ4v) is 3.24. The fraction of sp³-hybridized carbons (Fsp3) is 0.333. The van der Waals surface area contributed by atoms with E-state index in [-0.39, 0.29) is 41.1 Å². The molecule has 0 bridgehead atoms. The summed E-state index contributed by atoms with van der Waals surface area (Å²) in [6, 6.07) is 2.34. The number of carbonyl (C=O) groups is 1. The van der Waals surface area contributed by atoms with Gasteiger partial charge in [0, 0.05) is 19.2 Å². The lowest BCUT2D eigenvalue weighted by Crippen LogP contribution is -2.26. The van der Waals surface area contributed by atoms with Crippen molar-refractivity contribution in [1.82, 2.24) is 24.3 Å². The Morgan fingerprint density at radius 2 is 2.12 bits per heavy atom. The van der Waals surface area contributed by atoms with Gasteiger partial charge in [0.15, 0.2) is 23.2 Å². The van der Waals surface area contributed by atoms with E-state index < -0.39 is 35.8 Å². The molecule has 0 atom stereocenters. The molecule has 0 fully saturated rings. The third-order valence-corrected chi connectivity index (χ3v) is 4.89. The summed E-state index contributed by atoms with van der Waals surface area (Å²) in [6.07, 6.45) is 0.583. The van der Waals surface area contributed by atoms with Crippen LogP contribution < -0.4 is 10.4 Å². The topological polar surface area (TPSA) is 116 Å². The normalized spacial score (nSPS) is 11.0. The van der Waals surface area contributed by atoms with Gasteiger partial charge in [-0.1, -0.05) is 11.6 Å². The summed E-state index contributed by atoms with van der Waals surface area (Å²) in [5, 5.41) is 13.4. The number of ether oxygens (including phenoxy) is 1. The number of hydrogen-bond acceptors (Lipinski definition) is 7. The molecule has 3 rings (SSSR count). The maximum atomic E-state index is 15.1. The number of ketones is 1. The van der Waals surface area contributed by atoms with Crippen LogP contribution in [0.1, 0.15) is 42.5 Å². The summed E-state index contributed by atoms with van der Waals surface area (Å²) in [5.41, 5.74) is -0.373. The van der Waals surface area contributed by atoms with Crippen molar-refractivity contribution < 1.29 is 19.0 Å². The van der Waals surface area contributed by atoms with Gasteiger partial charge < -0.3 is 9.84 Å². The van der Waals surface area contributed by atoms with Gasteiger partial charge in [-0.15, -0.1) is 5.10 Å². The van der Waals surface area contributed by atoms with Gasteiger partial charge in [-0.25, -0.2) is 14.0 Å². The van der Waals surface area contributed by atoms with Crippen molar-refractivity contribution in [2.45, 2.75) is 46.4 Å². The first-order valence-corrected chi connectivity index (χ1v) is 10.3. The Morgan fingerprint density at radius 3 is 2.70 bits per heavy atom. The highest BCUT2D eigenvalue weighted by molar-refractivity contribution is 6.30. The molecule has 33 heavy (non-hydrogen) atoms. The lowest BCUT2D eigenvalue weighted by Gasteiger charge is -2.14.